The van der Waals surface area contributed by atoms with Crippen LogP contribution in [-0.2, 0) is 4.74 Å². The van der Waals surface area contributed by atoms with Crippen molar-refractivity contribution >= 4 is 17.7 Å². The highest BCUT2D eigenvalue weighted by atomic mass is 35.5. The number of piperazine rings is 1. The number of β-amino-alcohol motifs (C(OH)–C–C–N with tert-alkyl or cyclic N) is 1. The Bertz CT molecular complexity index is 458. The van der Waals surface area contributed by atoms with Gasteiger partial charge in [0.25, 0.3) is 0 Å². The van der Waals surface area contributed by atoms with E-state index in [0.29, 0.717) is 31.3 Å². The van der Waals surface area contributed by atoms with E-state index in [-0.39, 0.29) is 6.09 Å². The molecule has 0 aliphatic carbocycles. The predicted molar refractivity (Wildman–Crippen MR) is 81.4 cm³/mol. The number of amides is 1. The van der Waals surface area contributed by atoms with Crippen LogP contribution in [0.15, 0.2) is 24.3 Å². The smallest absolute Gasteiger partial charge is 0.409 e. The van der Waals surface area contributed by atoms with E-state index in [9.17, 15) is 9.90 Å². The van der Waals surface area contributed by atoms with E-state index in [1.165, 1.54) is 0 Å². The summed E-state index contributed by atoms with van der Waals surface area (Å²) in [5.74, 6) is 0. The molecule has 1 saturated heterocycles. The molecule has 1 aliphatic rings. The van der Waals surface area contributed by atoms with Crippen LogP contribution in [0.25, 0.3) is 0 Å². The lowest BCUT2D eigenvalue weighted by atomic mass is 10.1. The van der Waals surface area contributed by atoms with Gasteiger partial charge in [0.15, 0.2) is 0 Å². The van der Waals surface area contributed by atoms with Gasteiger partial charge in [-0.25, -0.2) is 4.79 Å². The summed E-state index contributed by atoms with van der Waals surface area (Å²) in [5, 5.41) is 10.9. The van der Waals surface area contributed by atoms with Crippen molar-refractivity contribution in [2.45, 2.75) is 13.0 Å². The Hall–Kier alpha value is -1.30. The molecule has 0 aromatic heterocycles. The Labute approximate surface area is 130 Å². The molecule has 1 N–H and O–H groups in total. The number of halogens is 1. The Balaban J connectivity index is 1.80. The Kier molecular flexibility index (Phi) is 5.85. The second-order valence-corrected chi connectivity index (χ2v) is 5.49. The van der Waals surface area contributed by atoms with Crippen LogP contribution in [0.3, 0.4) is 0 Å². The van der Waals surface area contributed by atoms with Gasteiger partial charge in [0, 0.05) is 37.7 Å². The number of aliphatic hydroxyl groups excluding tert-OH is 1. The van der Waals surface area contributed by atoms with Crippen LogP contribution in [0, 0.1) is 0 Å². The maximum atomic E-state index is 11.6. The van der Waals surface area contributed by atoms with E-state index in [2.05, 4.69) is 4.90 Å². The molecule has 0 saturated carbocycles. The number of nitrogens with zero attached hydrogens (tertiary/aromatic N) is 2. The molecule has 1 aromatic carbocycles. The molecule has 2 rings (SSSR count). The fraction of sp³-hybridized carbons (Fsp3) is 0.533. The highest BCUT2D eigenvalue weighted by Crippen LogP contribution is 2.18. The Morgan fingerprint density at radius 2 is 1.90 bits per heavy atom. The minimum absolute atomic E-state index is 0.254. The molecular formula is C15H21ClN2O3. The molecule has 5 nitrogen and oxygen atoms in total. The van der Waals surface area contributed by atoms with Gasteiger partial charge in [-0.1, -0.05) is 23.7 Å². The van der Waals surface area contributed by atoms with Gasteiger partial charge in [-0.2, -0.15) is 0 Å². The van der Waals surface area contributed by atoms with Gasteiger partial charge < -0.3 is 14.7 Å². The van der Waals surface area contributed by atoms with Gasteiger partial charge in [0.2, 0.25) is 0 Å². The van der Waals surface area contributed by atoms with Gasteiger partial charge in [-0.3, -0.25) is 4.90 Å². The molecule has 1 amide bonds. The minimum atomic E-state index is -0.545. The zero-order chi connectivity index (χ0) is 15.2. The van der Waals surface area contributed by atoms with Gasteiger partial charge in [-0.15, -0.1) is 0 Å². The van der Waals surface area contributed by atoms with Crippen LogP contribution in [0.1, 0.15) is 18.6 Å². The molecule has 1 atom stereocenters. The number of benzene rings is 1. The highest BCUT2D eigenvalue weighted by Gasteiger charge is 2.23. The number of carbonyl (C=O) groups is 1. The topological polar surface area (TPSA) is 53.0 Å². The van der Waals surface area contributed by atoms with Gasteiger partial charge in [0.05, 0.1) is 12.7 Å². The van der Waals surface area contributed by atoms with Crippen LogP contribution in [0.5, 0.6) is 0 Å². The van der Waals surface area contributed by atoms with Crippen molar-refractivity contribution in [1.29, 1.82) is 0 Å². The van der Waals surface area contributed by atoms with Crippen molar-refractivity contribution in [3.63, 3.8) is 0 Å². The summed E-state index contributed by atoms with van der Waals surface area (Å²) < 4.78 is 4.98. The zero-order valence-corrected chi connectivity index (χ0v) is 12.9. The van der Waals surface area contributed by atoms with Crippen molar-refractivity contribution in [1.82, 2.24) is 9.80 Å². The second kappa shape index (κ2) is 7.64. The summed E-state index contributed by atoms with van der Waals surface area (Å²) in [6.45, 7) is 5.49. The summed E-state index contributed by atoms with van der Waals surface area (Å²) in [5.41, 5.74) is 0.854. The molecular weight excluding hydrogens is 292 g/mol. The third-order valence-corrected chi connectivity index (χ3v) is 3.84. The maximum absolute atomic E-state index is 11.6. The summed E-state index contributed by atoms with van der Waals surface area (Å²) in [4.78, 5) is 15.5. The molecule has 0 radical (unpaired) electrons. The van der Waals surface area contributed by atoms with E-state index in [0.717, 1.165) is 18.7 Å². The molecule has 0 bridgehead atoms. The maximum Gasteiger partial charge on any atom is 0.409 e. The van der Waals surface area contributed by atoms with Gasteiger partial charge in [0.1, 0.15) is 0 Å². The first kappa shape index (κ1) is 16.1. The van der Waals surface area contributed by atoms with Gasteiger partial charge in [-0.05, 0) is 24.6 Å². The van der Waals surface area contributed by atoms with E-state index in [4.69, 9.17) is 16.3 Å². The number of hydrogen-bond donors (Lipinski definition) is 1. The molecule has 1 aliphatic heterocycles. The number of aliphatic hydroxyl groups is 1. The first-order chi connectivity index (χ1) is 10.1. The average Bonchev–Trinajstić information content (AvgIpc) is 2.49. The Morgan fingerprint density at radius 1 is 1.29 bits per heavy atom. The molecule has 1 unspecified atom stereocenters. The quantitative estimate of drug-likeness (QED) is 0.925. The third kappa shape index (κ3) is 4.59. The fourth-order valence-electron chi connectivity index (χ4n) is 2.36. The summed E-state index contributed by atoms with van der Waals surface area (Å²) in [6.07, 6.45) is -0.799. The number of carbonyl (C=O) groups excluding carboxylic acids is 1. The van der Waals surface area contributed by atoms with Crippen LogP contribution in [0.4, 0.5) is 4.79 Å². The van der Waals surface area contributed by atoms with Crippen LogP contribution < -0.4 is 0 Å². The molecule has 0 spiro atoms. The summed E-state index contributed by atoms with van der Waals surface area (Å²) >= 11 is 5.84. The van der Waals surface area contributed by atoms with Crippen molar-refractivity contribution in [3.8, 4) is 0 Å². The largest absolute Gasteiger partial charge is 0.450 e. The van der Waals surface area contributed by atoms with Crippen LogP contribution in [-0.4, -0.2) is 60.3 Å². The van der Waals surface area contributed by atoms with Gasteiger partial charge >= 0.3 is 6.09 Å². The van der Waals surface area contributed by atoms with Crippen molar-refractivity contribution < 1.29 is 14.6 Å². The van der Waals surface area contributed by atoms with Crippen molar-refractivity contribution in [2.75, 3.05) is 39.3 Å². The minimum Gasteiger partial charge on any atom is -0.450 e. The molecule has 6 heteroatoms. The van der Waals surface area contributed by atoms with Crippen LogP contribution >= 0.6 is 11.6 Å². The SMILES string of the molecule is CCOC(=O)N1CCN(CC(O)c2ccc(Cl)cc2)CC1. The zero-order valence-electron chi connectivity index (χ0n) is 12.2. The summed E-state index contributed by atoms with van der Waals surface area (Å²) in [6, 6.07) is 7.22. The lowest BCUT2D eigenvalue weighted by molar-refractivity contribution is 0.0578. The Morgan fingerprint density at radius 3 is 2.48 bits per heavy atom. The second-order valence-electron chi connectivity index (χ2n) is 5.05. The normalized spacial score (nSPS) is 17.6. The number of ether oxygens (including phenoxy) is 1. The standard InChI is InChI=1S/C15H21ClN2O3/c1-2-21-15(20)18-9-7-17(8-10-18)11-14(19)12-3-5-13(16)6-4-12/h3-6,14,19H,2,7-11H2,1H3. The lowest BCUT2D eigenvalue weighted by Gasteiger charge is -2.35. The molecule has 1 aromatic rings. The molecule has 1 fully saturated rings. The molecule has 1 heterocycles. The lowest BCUT2D eigenvalue weighted by Crippen LogP contribution is -2.49. The van der Waals surface area contributed by atoms with Crippen molar-refractivity contribution in [2.24, 2.45) is 0 Å². The third-order valence-electron chi connectivity index (χ3n) is 3.58. The van der Waals surface area contributed by atoms with Crippen LogP contribution in [0.2, 0.25) is 5.02 Å². The molecule has 116 valence electrons. The number of rotatable bonds is 4. The van der Waals surface area contributed by atoms with E-state index >= 15 is 0 Å². The first-order valence-electron chi connectivity index (χ1n) is 7.17. The first-order valence-corrected chi connectivity index (χ1v) is 7.55. The summed E-state index contributed by atoms with van der Waals surface area (Å²) in [7, 11) is 0. The van der Waals surface area contributed by atoms with E-state index in [1.54, 1.807) is 24.0 Å². The monoisotopic (exact) mass is 312 g/mol. The highest BCUT2D eigenvalue weighted by molar-refractivity contribution is 6.30. The predicted octanol–water partition coefficient (Wildman–Crippen LogP) is 2.15. The van der Waals surface area contributed by atoms with E-state index in [1.807, 2.05) is 12.1 Å². The molecule has 21 heavy (non-hydrogen) atoms. The number of hydrogen-bond acceptors (Lipinski definition) is 4. The average molecular weight is 313 g/mol. The van der Waals surface area contributed by atoms with E-state index < -0.39 is 6.10 Å². The fourth-order valence-corrected chi connectivity index (χ4v) is 2.49. The van der Waals surface area contributed by atoms with Crippen molar-refractivity contribution in [3.05, 3.63) is 34.9 Å².